The Labute approximate surface area is 143 Å². The maximum atomic E-state index is 12.8. The number of halogens is 1. The fourth-order valence-electron chi connectivity index (χ4n) is 2.63. The summed E-state index contributed by atoms with van der Waals surface area (Å²) in [7, 11) is 0. The maximum absolute atomic E-state index is 12.8. The van der Waals surface area contributed by atoms with Crippen molar-refractivity contribution in [2.45, 2.75) is 25.3 Å². The molecular formula is C14H18ClN5O2S. The predicted octanol–water partition coefficient (Wildman–Crippen LogP) is 1.68. The normalized spacial score (nSPS) is 16.4. The summed E-state index contributed by atoms with van der Waals surface area (Å²) in [5.74, 6) is -0.191. The molecule has 1 fully saturated rings. The molecule has 9 heteroatoms. The minimum absolute atomic E-state index is 0. The number of hydrogen-bond acceptors (Lipinski definition) is 6. The highest BCUT2D eigenvalue weighted by atomic mass is 35.5. The maximum Gasteiger partial charge on any atom is 0.254 e. The number of amides is 1. The van der Waals surface area contributed by atoms with Crippen LogP contribution in [0.4, 0.5) is 5.13 Å². The number of nitrogens with zero attached hydrogens (tertiary/aromatic N) is 3. The van der Waals surface area contributed by atoms with E-state index in [1.165, 1.54) is 24.5 Å². The van der Waals surface area contributed by atoms with Crippen molar-refractivity contribution >= 4 is 40.6 Å². The average Bonchev–Trinajstić information content (AvgIpc) is 3.19. The van der Waals surface area contributed by atoms with E-state index in [4.69, 9.17) is 0 Å². The van der Waals surface area contributed by atoms with Crippen LogP contribution in [0.25, 0.3) is 0 Å². The third-order valence-electron chi connectivity index (χ3n) is 3.87. The Kier molecular flexibility index (Phi) is 5.51. The van der Waals surface area contributed by atoms with Crippen LogP contribution in [0, 0.1) is 0 Å². The van der Waals surface area contributed by atoms with E-state index < -0.39 is 5.54 Å². The lowest BCUT2D eigenvalue weighted by atomic mass is 9.87. The zero-order chi connectivity index (χ0) is 15.6. The van der Waals surface area contributed by atoms with Crippen molar-refractivity contribution in [1.29, 1.82) is 0 Å². The highest BCUT2D eigenvalue weighted by molar-refractivity contribution is 7.17. The van der Waals surface area contributed by atoms with Crippen molar-refractivity contribution < 1.29 is 9.59 Å². The highest BCUT2D eigenvalue weighted by Gasteiger charge is 2.42. The van der Waals surface area contributed by atoms with Crippen LogP contribution < -0.4 is 10.6 Å². The van der Waals surface area contributed by atoms with E-state index in [1.807, 2.05) is 12.3 Å². The summed E-state index contributed by atoms with van der Waals surface area (Å²) < 4.78 is 1.72. The van der Waals surface area contributed by atoms with Crippen LogP contribution in [0.15, 0.2) is 24.7 Å². The second-order valence-corrected chi connectivity index (χ2v) is 6.30. The Morgan fingerprint density at radius 2 is 2.13 bits per heavy atom. The van der Waals surface area contributed by atoms with Gasteiger partial charge in [0.05, 0.1) is 11.1 Å². The lowest BCUT2D eigenvalue weighted by Gasteiger charge is -2.36. The van der Waals surface area contributed by atoms with Crippen molar-refractivity contribution in [1.82, 2.24) is 20.1 Å². The van der Waals surface area contributed by atoms with Gasteiger partial charge in [0.15, 0.2) is 10.9 Å². The van der Waals surface area contributed by atoms with Gasteiger partial charge in [0.1, 0.15) is 5.54 Å². The molecule has 1 amide bonds. The fourth-order valence-corrected chi connectivity index (χ4v) is 3.34. The van der Waals surface area contributed by atoms with E-state index in [-0.39, 0.29) is 24.1 Å². The van der Waals surface area contributed by atoms with Gasteiger partial charge in [-0.3, -0.25) is 19.6 Å². The molecule has 2 aromatic heterocycles. The smallest absolute Gasteiger partial charge is 0.254 e. The third kappa shape index (κ3) is 3.44. The summed E-state index contributed by atoms with van der Waals surface area (Å²) in [4.78, 5) is 28.8. The number of thiazole rings is 1. The molecule has 0 unspecified atom stereocenters. The third-order valence-corrected chi connectivity index (χ3v) is 4.88. The van der Waals surface area contributed by atoms with Crippen molar-refractivity contribution in [3.8, 4) is 0 Å². The Hall–Kier alpha value is -1.77. The molecule has 3 rings (SSSR count). The molecule has 2 aromatic rings. The quantitative estimate of drug-likeness (QED) is 0.814. The van der Waals surface area contributed by atoms with Crippen LogP contribution in [-0.4, -0.2) is 39.5 Å². The van der Waals surface area contributed by atoms with Crippen LogP contribution in [-0.2, 0) is 10.3 Å². The van der Waals surface area contributed by atoms with Crippen LogP contribution >= 0.6 is 23.7 Å². The van der Waals surface area contributed by atoms with Crippen LogP contribution in [0.1, 0.15) is 29.4 Å². The minimum atomic E-state index is -0.712. The van der Waals surface area contributed by atoms with Gasteiger partial charge >= 0.3 is 0 Å². The molecule has 0 spiro atoms. The lowest BCUT2D eigenvalue weighted by Crippen LogP contribution is -2.52. The Morgan fingerprint density at radius 3 is 2.70 bits per heavy atom. The molecule has 2 N–H and O–H groups in total. The molecule has 0 bridgehead atoms. The topological polar surface area (TPSA) is 88.9 Å². The summed E-state index contributed by atoms with van der Waals surface area (Å²) >= 11 is 1.19. The standard InChI is InChI=1S/C14H17N5O2S.ClH/c1-10(20)11-9-16-13(22-11)18-12(21)14(3-6-15-7-4-14)19-8-2-5-17-19;/h2,5,8-9,15H,3-4,6-7H2,1H3,(H,16,18,21);1H. The van der Waals surface area contributed by atoms with Crippen LogP contribution in [0.2, 0.25) is 0 Å². The number of nitrogens with one attached hydrogen (secondary N) is 2. The van der Waals surface area contributed by atoms with Gasteiger partial charge in [-0.1, -0.05) is 11.3 Å². The van der Waals surface area contributed by atoms with Gasteiger partial charge in [-0.05, 0) is 32.0 Å². The van der Waals surface area contributed by atoms with Gasteiger partial charge in [-0.15, -0.1) is 12.4 Å². The van der Waals surface area contributed by atoms with Gasteiger partial charge < -0.3 is 5.32 Å². The molecule has 0 radical (unpaired) electrons. The number of hydrogen-bond donors (Lipinski definition) is 2. The van der Waals surface area contributed by atoms with Gasteiger partial charge in [0, 0.05) is 19.3 Å². The Morgan fingerprint density at radius 1 is 1.39 bits per heavy atom. The second kappa shape index (κ2) is 7.20. The molecule has 124 valence electrons. The van der Waals surface area contributed by atoms with Crippen molar-refractivity contribution in [2.75, 3.05) is 18.4 Å². The molecule has 0 atom stereocenters. The van der Waals surface area contributed by atoms with E-state index in [0.29, 0.717) is 22.9 Å². The molecule has 1 aliphatic rings. The van der Waals surface area contributed by atoms with E-state index in [1.54, 1.807) is 10.9 Å². The van der Waals surface area contributed by atoms with Crippen molar-refractivity contribution in [2.24, 2.45) is 0 Å². The number of carbonyl (C=O) groups excluding carboxylic acids is 2. The molecule has 23 heavy (non-hydrogen) atoms. The second-order valence-electron chi connectivity index (χ2n) is 5.27. The van der Waals surface area contributed by atoms with Gasteiger partial charge in [0.25, 0.3) is 5.91 Å². The molecule has 1 saturated heterocycles. The lowest BCUT2D eigenvalue weighted by molar-refractivity contribution is -0.126. The summed E-state index contributed by atoms with van der Waals surface area (Å²) in [6, 6.07) is 1.81. The van der Waals surface area contributed by atoms with Crippen LogP contribution in [0.3, 0.4) is 0 Å². The largest absolute Gasteiger partial charge is 0.317 e. The Balaban J connectivity index is 0.00000192. The summed E-state index contributed by atoms with van der Waals surface area (Å²) in [6.07, 6.45) is 6.30. The zero-order valence-electron chi connectivity index (χ0n) is 12.6. The number of aromatic nitrogens is 3. The number of piperidine rings is 1. The molecule has 0 aromatic carbocycles. The number of carbonyl (C=O) groups is 2. The first-order valence-corrected chi connectivity index (χ1v) is 7.92. The monoisotopic (exact) mass is 355 g/mol. The van der Waals surface area contributed by atoms with E-state index in [9.17, 15) is 9.59 Å². The number of rotatable bonds is 4. The van der Waals surface area contributed by atoms with E-state index in [0.717, 1.165) is 13.1 Å². The van der Waals surface area contributed by atoms with Gasteiger partial charge in [-0.25, -0.2) is 4.98 Å². The summed E-state index contributed by atoms with van der Waals surface area (Å²) in [6.45, 7) is 2.99. The number of Topliss-reactive ketones (excluding diaryl/α,β-unsaturated/α-hetero) is 1. The zero-order valence-corrected chi connectivity index (χ0v) is 14.2. The van der Waals surface area contributed by atoms with Gasteiger partial charge in [-0.2, -0.15) is 5.10 Å². The molecule has 1 aliphatic heterocycles. The van der Waals surface area contributed by atoms with E-state index in [2.05, 4.69) is 20.7 Å². The minimum Gasteiger partial charge on any atom is -0.317 e. The van der Waals surface area contributed by atoms with Gasteiger partial charge in [0.2, 0.25) is 0 Å². The predicted molar refractivity (Wildman–Crippen MR) is 90.3 cm³/mol. The molecule has 3 heterocycles. The number of anilines is 1. The molecule has 7 nitrogen and oxygen atoms in total. The first kappa shape index (κ1) is 17.6. The SMILES string of the molecule is CC(=O)c1cnc(NC(=O)C2(n3cccn3)CCNCC2)s1.Cl. The van der Waals surface area contributed by atoms with Crippen molar-refractivity contribution in [3.63, 3.8) is 0 Å². The highest BCUT2D eigenvalue weighted by Crippen LogP contribution is 2.29. The molecule has 0 saturated carbocycles. The number of ketones is 1. The average molecular weight is 356 g/mol. The summed E-state index contributed by atoms with van der Waals surface area (Å²) in [5.41, 5.74) is -0.712. The molecular weight excluding hydrogens is 338 g/mol. The van der Waals surface area contributed by atoms with Crippen LogP contribution in [0.5, 0.6) is 0 Å². The summed E-state index contributed by atoms with van der Waals surface area (Å²) in [5, 5.41) is 10.8. The molecule has 0 aliphatic carbocycles. The van der Waals surface area contributed by atoms with E-state index >= 15 is 0 Å². The Bertz CT molecular complexity index is 679. The fraction of sp³-hybridized carbons (Fsp3) is 0.429. The first-order chi connectivity index (χ1) is 10.6. The first-order valence-electron chi connectivity index (χ1n) is 7.11. The van der Waals surface area contributed by atoms with Crippen molar-refractivity contribution in [3.05, 3.63) is 29.5 Å².